The van der Waals surface area contributed by atoms with Gasteiger partial charge in [-0.25, -0.2) is 4.79 Å². The van der Waals surface area contributed by atoms with Gasteiger partial charge in [-0.1, -0.05) is 97.3 Å². The third-order valence-electron chi connectivity index (χ3n) is 11.2. The van der Waals surface area contributed by atoms with Crippen molar-refractivity contribution in [3.05, 3.63) is 0 Å². The molecular weight excluding hydrogens is 772 g/mol. The Morgan fingerprint density at radius 2 is 0.914 bits per heavy atom. The van der Waals surface area contributed by atoms with Crippen LogP contribution in [0.1, 0.15) is 110 Å². The normalized spacial score (nSPS) is 37.4. The van der Waals surface area contributed by atoms with Crippen LogP contribution < -0.4 is 0 Å². The zero-order chi connectivity index (χ0) is 42.8. The molecule has 0 amide bonds. The first kappa shape index (κ1) is 51.0. The van der Waals surface area contributed by atoms with Crippen molar-refractivity contribution < 1.29 is 94.1 Å². The van der Waals surface area contributed by atoms with Crippen LogP contribution in [0.25, 0.3) is 0 Å². The first-order chi connectivity index (χ1) is 27.8. The minimum atomic E-state index is -2.13. The van der Waals surface area contributed by atoms with E-state index in [4.69, 9.17) is 33.2 Å². The monoisotopic (exact) mass is 844 g/mol. The zero-order valence-corrected chi connectivity index (χ0v) is 33.9. The number of ether oxygens (including phenoxy) is 7. The van der Waals surface area contributed by atoms with Crippen LogP contribution in [-0.2, 0) is 33.2 Å². The summed E-state index contributed by atoms with van der Waals surface area (Å²) in [4.78, 5) is 13.2. The molecule has 2 saturated heterocycles. The number of hydrogen-bond donors (Lipinski definition) is 11. The van der Waals surface area contributed by atoms with Gasteiger partial charge in [0.1, 0.15) is 86.0 Å². The smallest absolute Gasteiger partial charge is 0.432 e. The Balaban J connectivity index is 1.59. The van der Waals surface area contributed by atoms with E-state index in [9.17, 15) is 61.0 Å². The van der Waals surface area contributed by atoms with Gasteiger partial charge in [-0.3, -0.25) is 0 Å². The fraction of sp³-hybridized carbons (Fsp3) is 0.974. The summed E-state index contributed by atoms with van der Waals surface area (Å²) < 4.78 is 38.9. The molecule has 3 aliphatic rings. The second kappa shape index (κ2) is 26.9. The second-order valence-corrected chi connectivity index (χ2v) is 15.7. The molecule has 0 aromatic carbocycles. The molecule has 0 bridgehead atoms. The number of carbonyl (C=O) groups is 1. The van der Waals surface area contributed by atoms with Crippen molar-refractivity contribution in [3.8, 4) is 0 Å². The van der Waals surface area contributed by atoms with Gasteiger partial charge >= 0.3 is 6.16 Å². The Hall–Kier alpha value is -1.37. The number of aliphatic hydroxyl groups excluding tert-OH is 11. The summed E-state index contributed by atoms with van der Waals surface area (Å²) in [5, 5.41) is 115. The maximum atomic E-state index is 13.2. The standard InChI is InChI=1S/C39H72O19/c1-3-5-6-7-8-9-10-11-12-13-14-15-16-17-18-52-22(4-2)21-53-39(51)58-36-34(56-37-32(49)27(44)25(42)23(19-40)54-37)30(47)29(46)31(48)35(36)57-38-33(50)28(45)26(43)24(20-41)55-38/h22-38,40-50H,3-21H2,1-2H3/t22-,23?,24?,25-,26-,27+,28?,29?,30?,31+,32?,33-,34?,35?,36?,37-,38-/m1/s1. The lowest BCUT2D eigenvalue weighted by atomic mass is 9.84. The van der Waals surface area contributed by atoms with Crippen LogP contribution in [-0.4, -0.2) is 193 Å². The summed E-state index contributed by atoms with van der Waals surface area (Å²) in [6, 6.07) is 0. The van der Waals surface area contributed by atoms with Crippen LogP contribution in [0.5, 0.6) is 0 Å². The van der Waals surface area contributed by atoms with E-state index in [1.54, 1.807) is 0 Å². The van der Waals surface area contributed by atoms with Crippen molar-refractivity contribution in [1.29, 1.82) is 0 Å². The van der Waals surface area contributed by atoms with Gasteiger partial charge in [0.05, 0.1) is 19.3 Å². The van der Waals surface area contributed by atoms with Crippen molar-refractivity contribution in [2.75, 3.05) is 26.4 Å². The molecule has 1 aliphatic carbocycles. The zero-order valence-electron chi connectivity index (χ0n) is 33.9. The molecule has 1 saturated carbocycles. The van der Waals surface area contributed by atoms with Crippen molar-refractivity contribution in [2.24, 2.45) is 0 Å². The third-order valence-corrected chi connectivity index (χ3v) is 11.2. The molecule has 0 aromatic heterocycles. The molecule has 0 spiro atoms. The summed E-state index contributed by atoms with van der Waals surface area (Å²) in [6.07, 6.45) is -14.9. The maximum Gasteiger partial charge on any atom is 0.508 e. The summed E-state index contributed by atoms with van der Waals surface area (Å²) in [6.45, 7) is 2.53. The SMILES string of the molecule is CCCCCCCCCCCCCCCCO[C@H](CC)COC(=O)OC1C(O[C@H]2OC(CO)[C@@H](O)[C@H](O)C2O)C(O)C(O)[C@H](O)C1O[C@H]1OC(CO)[C@@H](O)C(O)[C@H]1O. The first-order valence-electron chi connectivity index (χ1n) is 21.2. The lowest BCUT2D eigenvalue weighted by molar-refractivity contribution is -0.361. The summed E-state index contributed by atoms with van der Waals surface area (Å²) >= 11 is 0. The lowest BCUT2D eigenvalue weighted by Crippen LogP contribution is -2.69. The predicted molar refractivity (Wildman–Crippen MR) is 202 cm³/mol. The van der Waals surface area contributed by atoms with E-state index >= 15 is 0 Å². The van der Waals surface area contributed by atoms with E-state index in [-0.39, 0.29) is 6.61 Å². The van der Waals surface area contributed by atoms with E-state index in [1.807, 2.05) is 6.92 Å². The highest BCUT2D eigenvalue weighted by atomic mass is 16.8. The highest BCUT2D eigenvalue weighted by Crippen LogP contribution is 2.34. The van der Waals surface area contributed by atoms with Crippen LogP contribution >= 0.6 is 0 Å². The van der Waals surface area contributed by atoms with Gasteiger partial charge in [-0.05, 0) is 12.8 Å². The molecular formula is C39H72O19. The van der Waals surface area contributed by atoms with Gasteiger partial charge < -0.3 is 89.3 Å². The van der Waals surface area contributed by atoms with Gasteiger partial charge in [-0.15, -0.1) is 0 Å². The quantitative estimate of drug-likeness (QED) is 0.0377. The molecule has 0 radical (unpaired) electrons. The highest BCUT2D eigenvalue weighted by Gasteiger charge is 2.57. The minimum absolute atomic E-state index is 0.273. The number of aliphatic hydroxyl groups is 11. The van der Waals surface area contributed by atoms with Crippen LogP contribution in [0.4, 0.5) is 4.79 Å². The Labute approximate surface area is 340 Å². The van der Waals surface area contributed by atoms with Crippen molar-refractivity contribution in [2.45, 2.75) is 214 Å². The van der Waals surface area contributed by atoms with Crippen LogP contribution in [0.3, 0.4) is 0 Å². The van der Waals surface area contributed by atoms with Gasteiger partial charge in [0.2, 0.25) is 0 Å². The molecule has 19 nitrogen and oxygen atoms in total. The predicted octanol–water partition coefficient (Wildman–Crippen LogP) is -0.749. The highest BCUT2D eigenvalue weighted by molar-refractivity contribution is 5.60. The Morgan fingerprint density at radius 3 is 1.31 bits per heavy atom. The summed E-state index contributed by atoms with van der Waals surface area (Å²) in [7, 11) is 0. The van der Waals surface area contributed by atoms with Gasteiger partial charge in [-0.2, -0.15) is 0 Å². The molecule has 0 aromatic rings. The molecule has 11 N–H and O–H groups in total. The summed E-state index contributed by atoms with van der Waals surface area (Å²) in [5.74, 6) is 0. The average molecular weight is 845 g/mol. The second-order valence-electron chi connectivity index (χ2n) is 15.7. The van der Waals surface area contributed by atoms with Crippen LogP contribution in [0.2, 0.25) is 0 Å². The molecule has 3 rings (SSSR count). The Morgan fingerprint density at radius 1 is 0.517 bits per heavy atom. The van der Waals surface area contributed by atoms with Crippen molar-refractivity contribution in [1.82, 2.24) is 0 Å². The first-order valence-corrected chi connectivity index (χ1v) is 21.2. The topological polar surface area (TPSA) is 304 Å². The third kappa shape index (κ3) is 14.9. The fourth-order valence-electron chi connectivity index (χ4n) is 7.42. The number of unbranched alkanes of at least 4 members (excludes halogenated alkanes) is 13. The van der Waals surface area contributed by atoms with Gasteiger partial charge in [0.25, 0.3) is 0 Å². The molecule has 3 fully saturated rings. The average Bonchev–Trinajstić information content (AvgIpc) is 3.22. The number of rotatable bonds is 26. The molecule has 17 atom stereocenters. The van der Waals surface area contributed by atoms with E-state index in [2.05, 4.69) is 6.92 Å². The van der Waals surface area contributed by atoms with Crippen LogP contribution in [0.15, 0.2) is 0 Å². The van der Waals surface area contributed by atoms with Crippen molar-refractivity contribution >= 4 is 6.16 Å². The van der Waals surface area contributed by atoms with Gasteiger partial charge in [0, 0.05) is 6.61 Å². The Kier molecular flexibility index (Phi) is 23.6. The van der Waals surface area contributed by atoms with E-state index < -0.39 is 124 Å². The number of carbonyl (C=O) groups excluding carboxylic acids is 1. The fourth-order valence-corrected chi connectivity index (χ4v) is 7.42. The van der Waals surface area contributed by atoms with Crippen LogP contribution in [0, 0.1) is 0 Å². The summed E-state index contributed by atoms with van der Waals surface area (Å²) in [5.41, 5.74) is 0. The Bertz CT molecular complexity index is 1050. The van der Waals surface area contributed by atoms with Gasteiger partial charge in [0.15, 0.2) is 18.7 Å². The van der Waals surface area contributed by atoms with E-state index in [1.165, 1.54) is 64.2 Å². The molecule has 9 unspecified atom stereocenters. The largest absolute Gasteiger partial charge is 0.508 e. The number of hydrogen-bond acceptors (Lipinski definition) is 19. The van der Waals surface area contributed by atoms with E-state index in [0.29, 0.717) is 13.0 Å². The molecule has 19 heteroatoms. The van der Waals surface area contributed by atoms with E-state index in [0.717, 1.165) is 25.7 Å². The molecule has 342 valence electrons. The minimum Gasteiger partial charge on any atom is -0.432 e. The maximum absolute atomic E-state index is 13.2. The molecule has 2 aliphatic heterocycles. The molecule has 2 heterocycles. The van der Waals surface area contributed by atoms with Crippen molar-refractivity contribution in [3.63, 3.8) is 0 Å². The molecule has 58 heavy (non-hydrogen) atoms. The lowest BCUT2D eigenvalue weighted by Gasteiger charge is -2.49.